The molecule has 2 rings (SSSR count). The zero-order chi connectivity index (χ0) is 12.4. The summed E-state index contributed by atoms with van der Waals surface area (Å²) in [6.07, 6.45) is 0.867. The molecule has 0 unspecified atom stereocenters. The van der Waals surface area contributed by atoms with Crippen LogP contribution in [0.3, 0.4) is 0 Å². The molecule has 17 heavy (non-hydrogen) atoms. The predicted molar refractivity (Wildman–Crippen MR) is 73.2 cm³/mol. The zero-order valence-corrected chi connectivity index (χ0v) is 11.3. The van der Waals surface area contributed by atoms with Crippen molar-refractivity contribution in [2.45, 2.75) is 13.3 Å². The summed E-state index contributed by atoms with van der Waals surface area (Å²) < 4.78 is 6.30. The number of rotatable bonds is 3. The van der Waals surface area contributed by atoms with Crippen LogP contribution in [0, 0.1) is 0 Å². The fourth-order valence-electron chi connectivity index (χ4n) is 1.80. The fraction of sp³-hybridized carbons (Fsp3) is 0.250. The van der Waals surface area contributed by atoms with Crippen molar-refractivity contribution in [2.24, 2.45) is 5.84 Å². The summed E-state index contributed by atoms with van der Waals surface area (Å²) in [5.74, 6) is 6.91. The second kappa shape index (κ2) is 4.89. The quantitative estimate of drug-likeness (QED) is 0.675. The minimum absolute atomic E-state index is 0.691. The van der Waals surface area contributed by atoms with Crippen molar-refractivity contribution in [1.82, 2.24) is 4.98 Å². The number of nitrogens with two attached hydrogens (primary N) is 1. The summed E-state index contributed by atoms with van der Waals surface area (Å²) in [6.45, 7) is 2.07. The Morgan fingerprint density at radius 3 is 2.82 bits per heavy atom. The van der Waals surface area contributed by atoms with Crippen LogP contribution in [0.5, 0.6) is 5.75 Å². The van der Waals surface area contributed by atoms with Gasteiger partial charge in [0.05, 0.1) is 7.11 Å². The van der Waals surface area contributed by atoms with Gasteiger partial charge in [0.15, 0.2) is 0 Å². The van der Waals surface area contributed by atoms with E-state index >= 15 is 0 Å². The highest BCUT2D eigenvalue weighted by Crippen LogP contribution is 2.32. The standard InChI is InChI=1S/C12H14BrN3O/c1-3-7-6-8-9(13)4-5-10(17-2)11(8)15-12(7)16-14/h4-6H,3,14H2,1-2H3,(H,15,16). The fourth-order valence-corrected chi connectivity index (χ4v) is 2.24. The number of hydrazine groups is 1. The van der Waals surface area contributed by atoms with Gasteiger partial charge in [-0.15, -0.1) is 0 Å². The van der Waals surface area contributed by atoms with Crippen LogP contribution in [0.1, 0.15) is 12.5 Å². The van der Waals surface area contributed by atoms with Crippen LogP contribution in [-0.4, -0.2) is 12.1 Å². The molecule has 0 saturated heterocycles. The summed E-state index contributed by atoms with van der Waals surface area (Å²) in [4.78, 5) is 4.50. The molecule has 0 atom stereocenters. The first kappa shape index (κ1) is 12.1. The second-order valence-corrected chi connectivity index (χ2v) is 4.49. The van der Waals surface area contributed by atoms with Crippen LogP contribution in [0.4, 0.5) is 5.82 Å². The largest absolute Gasteiger partial charge is 0.494 e. The minimum Gasteiger partial charge on any atom is -0.494 e. The molecule has 0 amide bonds. The molecule has 0 fully saturated rings. The number of anilines is 1. The van der Waals surface area contributed by atoms with Crippen molar-refractivity contribution < 1.29 is 4.74 Å². The summed E-state index contributed by atoms with van der Waals surface area (Å²) >= 11 is 3.52. The van der Waals surface area contributed by atoms with Gasteiger partial charge < -0.3 is 10.2 Å². The number of aromatic nitrogens is 1. The van der Waals surface area contributed by atoms with E-state index in [0.717, 1.165) is 33.1 Å². The molecule has 0 saturated carbocycles. The minimum atomic E-state index is 0.691. The third-order valence-electron chi connectivity index (χ3n) is 2.71. The first-order valence-corrected chi connectivity index (χ1v) is 6.13. The Morgan fingerprint density at radius 2 is 2.24 bits per heavy atom. The maximum Gasteiger partial charge on any atom is 0.145 e. The van der Waals surface area contributed by atoms with Crippen molar-refractivity contribution in [2.75, 3.05) is 12.5 Å². The third kappa shape index (κ3) is 2.08. The van der Waals surface area contributed by atoms with Crippen molar-refractivity contribution in [3.05, 3.63) is 28.2 Å². The number of aryl methyl sites for hydroxylation is 1. The van der Waals surface area contributed by atoms with Gasteiger partial charge in [0, 0.05) is 9.86 Å². The predicted octanol–water partition coefficient (Wildman–Crippen LogP) is 2.85. The molecule has 5 heteroatoms. The van der Waals surface area contributed by atoms with E-state index in [1.54, 1.807) is 7.11 Å². The molecule has 4 nitrogen and oxygen atoms in total. The van der Waals surface area contributed by atoms with E-state index in [9.17, 15) is 0 Å². The van der Waals surface area contributed by atoms with E-state index < -0.39 is 0 Å². The lowest BCUT2D eigenvalue weighted by atomic mass is 10.1. The van der Waals surface area contributed by atoms with E-state index in [0.29, 0.717) is 5.82 Å². The average molecular weight is 296 g/mol. The lowest BCUT2D eigenvalue weighted by Crippen LogP contribution is -2.11. The summed E-state index contributed by atoms with van der Waals surface area (Å²) in [6, 6.07) is 5.91. The molecule has 1 aromatic carbocycles. The van der Waals surface area contributed by atoms with Gasteiger partial charge in [0.2, 0.25) is 0 Å². The van der Waals surface area contributed by atoms with Gasteiger partial charge in [-0.3, -0.25) is 0 Å². The Hall–Kier alpha value is -1.33. The van der Waals surface area contributed by atoms with Crippen LogP contribution in [0.2, 0.25) is 0 Å². The maximum atomic E-state index is 5.48. The van der Waals surface area contributed by atoms with E-state index in [1.807, 2.05) is 12.1 Å². The van der Waals surface area contributed by atoms with E-state index in [-0.39, 0.29) is 0 Å². The van der Waals surface area contributed by atoms with Crippen LogP contribution in [0.15, 0.2) is 22.7 Å². The molecular formula is C12H14BrN3O. The lowest BCUT2D eigenvalue weighted by Gasteiger charge is -2.11. The maximum absolute atomic E-state index is 5.48. The molecule has 0 bridgehead atoms. The number of pyridine rings is 1. The highest BCUT2D eigenvalue weighted by molar-refractivity contribution is 9.10. The van der Waals surface area contributed by atoms with E-state index in [4.69, 9.17) is 10.6 Å². The molecule has 90 valence electrons. The molecule has 0 aliphatic heterocycles. The van der Waals surface area contributed by atoms with Gasteiger partial charge in [-0.05, 0) is 30.2 Å². The lowest BCUT2D eigenvalue weighted by molar-refractivity contribution is 0.419. The summed E-state index contributed by atoms with van der Waals surface area (Å²) in [5, 5.41) is 1.03. The molecule has 1 heterocycles. The number of hydrogen-bond acceptors (Lipinski definition) is 4. The monoisotopic (exact) mass is 295 g/mol. The molecule has 1 aromatic heterocycles. The first-order valence-electron chi connectivity index (χ1n) is 5.34. The van der Waals surface area contributed by atoms with Crippen molar-refractivity contribution >= 4 is 32.7 Å². The second-order valence-electron chi connectivity index (χ2n) is 3.64. The van der Waals surface area contributed by atoms with Crippen LogP contribution in [-0.2, 0) is 6.42 Å². The number of nitrogens with zero attached hydrogens (tertiary/aromatic N) is 1. The molecule has 0 aliphatic rings. The number of halogens is 1. The van der Waals surface area contributed by atoms with Gasteiger partial charge in [0.25, 0.3) is 0 Å². The molecular weight excluding hydrogens is 282 g/mol. The van der Waals surface area contributed by atoms with Crippen LogP contribution >= 0.6 is 15.9 Å². The van der Waals surface area contributed by atoms with Crippen LogP contribution < -0.4 is 16.0 Å². The van der Waals surface area contributed by atoms with E-state index in [2.05, 4.69) is 39.3 Å². The Bertz CT molecular complexity index is 557. The van der Waals surface area contributed by atoms with Gasteiger partial charge >= 0.3 is 0 Å². The number of ether oxygens (including phenoxy) is 1. The zero-order valence-electron chi connectivity index (χ0n) is 9.75. The summed E-state index contributed by atoms with van der Waals surface area (Å²) in [5.41, 5.74) is 4.50. The van der Waals surface area contributed by atoms with Crippen LogP contribution in [0.25, 0.3) is 10.9 Å². The first-order chi connectivity index (χ1) is 8.21. The molecule has 3 N–H and O–H groups in total. The van der Waals surface area contributed by atoms with Crippen molar-refractivity contribution in [3.63, 3.8) is 0 Å². The highest BCUT2D eigenvalue weighted by atomic mass is 79.9. The van der Waals surface area contributed by atoms with Gasteiger partial charge in [-0.2, -0.15) is 0 Å². The number of benzene rings is 1. The van der Waals surface area contributed by atoms with Gasteiger partial charge in [-0.1, -0.05) is 22.9 Å². The van der Waals surface area contributed by atoms with Crippen molar-refractivity contribution in [3.8, 4) is 5.75 Å². The normalized spacial score (nSPS) is 10.6. The topological polar surface area (TPSA) is 60.2 Å². The molecule has 0 radical (unpaired) electrons. The number of hydrogen-bond donors (Lipinski definition) is 2. The number of methoxy groups -OCH3 is 1. The van der Waals surface area contributed by atoms with Gasteiger partial charge in [0.1, 0.15) is 17.1 Å². The SMILES string of the molecule is CCc1cc2c(Br)ccc(OC)c2nc1NN. The molecule has 0 spiro atoms. The number of nitrogens with one attached hydrogen (secondary N) is 1. The smallest absolute Gasteiger partial charge is 0.145 e. The highest BCUT2D eigenvalue weighted by Gasteiger charge is 2.10. The van der Waals surface area contributed by atoms with Crippen molar-refractivity contribution in [1.29, 1.82) is 0 Å². The number of fused-ring (bicyclic) bond motifs is 1. The Kier molecular flexibility index (Phi) is 3.49. The van der Waals surface area contributed by atoms with E-state index in [1.165, 1.54) is 0 Å². The Morgan fingerprint density at radius 1 is 1.47 bits per heavy atom. The summed E-state index contributed by atoms with van der Waals surface area (Å²) in [7, 11) is 1.63. The third-order valence-corrected chi connectivity index (χ3v) is 3.40. The number of nitrogen functional groups attached to an aromatic ring is 1. The molecule has 2 aromatic rings. The Labute approximate surface area is 108 Å². The average Bonchev–Trinajstić information content (AvgIpc) is 2.38. The molecule has 0 aliphatic carbocycles. The van der Waals surface area contributed by atoms with Gasteiger partial charge in [-0.25, -0.2) is 10.8 Å². The Balaban J connectivity index is 2.80.